The van der Waals surface area contributed by atoms with Gasteiger partial charge in [-0.15, -0.1) is 11.3 Å². The van der Waals surface area contributed by atoms with Gasteiger partial charge in [0.2, 0.25) is 0 Å². The highest BCUT2D eigenvalue weighted by atomic mass is 32.1. The molecule has 0 unspecified atom stereocenters. The van der Waals surface area contributed by atoms with E-state index in [9.17, 15) is 4.79 Å². The van der Waals surface area contributed by atoms with Crippen LogP contribution >= 0.6 is 11.3 Å². The number of ether oxygens (including phenoxy) is 2. The molecule has 1 aliphatic heterocycles. The predicted molar refractivity (Wildman–Crippen MR) is 102 cm³/mol. The number of hydrogen-bond donors (Lipinski definition) is 1. The third kappa shape index (κ3) is 3.89. The molecule has 0 bridgehead atoms. The topological polar surface area (TPSA) is 64.9 Å². The average molecular weight is 371 g/mol. The number of hydrogen-bond acceptors (Lipinski definition) is 6. The first-order chi connectivity index (χ1) is 12.8. The molecule has 0 aliphatic carbocycles. The van der Waals surface area contributed by atoms with Crippen LogP contribution in [0.1, 0.15) is 25.0 Å². The molecule has 7 heteroatoms. The molecule has 0 radical (unpaired) electrons. The van der Waals surface area contributed by atoms with E-state index >= 15 is 0 Å². The Morgan fingerprint density at radius 3 is 3.15 bits per heavy atom. The third-order valence-electron chi connectivity index (χ3n) is 4.40. The third-order valence-corrected chi connectivity index (χ3v) is 5.16. The van der Waals surface area contributed by atoms with Crippen molar-refractivity contribution in [2.75, 3.05) is 18.5 Å². The fourth-order valence-electron chi connectivity index (χ4n) is 3.02. The fourth-order valence-corrected chi connectivity index (χ4v) is 3.76. The van der Waals surface area contributed by atoms with Crippen LogP contribution in [0.15, 0.2) is 46.7 Å². The maximum atomic E-state index is 12.1. The van der Waals surface area contributed by atoms with Crippen molar-refractivity contribution in [2.45, 2.75) is 31.9 Å². The van der Waals surface area contributed by atoms with Gasteiger partial charge in [0.05, 0.1) is 24.0 Å². The zero-order valence-corrected chi connectivity index (χ0v) is 15.2. The second kappa shape index (κ2) is 7.88. The Labute approximate surface area is 155 Å². The predicted octanol–water partition coefficient (Wildman–Crippen LogP) is 3.32. The number of aromatic nitrogens is 2. The van der Waals surface area contributed by atoms with Crippen molar-refractivity contribution in [2.24, 2.45) is 0 Å². The maximum absolute atomic E-state index is 12.1. The summed E-state index contributed by atoms with van der Waals surface area (Å²) in [7, 11) is 0. The molecule has 3 heterocycles. The van der Waals surface area contributed by atoms with Crippen molar-refractivity contribution in [3.8, 4) is 5.75 Å². The Kier molecular flexibility index (Phi) is 5.17. The number of nitrogens with zero attached hydrogens (tertiary/aromatic N) is 2. The average Bonchev–Trinajstić information content (AvgIpc) is 3.15. The van der Waals surface area contributed by atoms with Crippen LogP contribution in [-0.2, 0) is 11.3 Å². The number of fused-ring (bicyclic) bond motifs is 1. The first-order valence-corrected chi connectivity index (χ1v) is 9.71. The van der Waals surface area contributed by atoms with Gasteiger partial charge in [-0.1, -0.05) is 12.1 Å². The van der Waals surface area contributed by atoms with Crippen molar-refractivity contribution < 1.29 is 9.47 Å². The van der Waals surface area contributed by atoms with E-state index in [1.165, 1.54) is 17.8 Å². The first-order valence-electron chi connectivity index (χ1n) is 8.83. The Balaban J connectivity index is 1.43. The molecule has 6 nitrogen and oxygen atoms in total. The number of nitrogens with one attached hydrogen (secondary N) is 1. The molecule has 0 spiro atoms. The van der Waals surface area contributed by atoms with Gasteiger partial charge < -0.3 is 14.8 Å². The van der Waals surface area contributed by atoms with E-state index in [1.54, 1.807) is 16.7 Å². The van der Waals surface area contributed by atoms with Crippen LogP contribution in [0.5, 0.6) is 5.75 Å². The van der Waals surface area contributed by atoms with Gasteiger partial charge in [-0.05, 0) is 31.4 Å². The van der Waals surface area contributed by atoms with Crippen LogP contribution in [0.25, 0.3) is 4.96 Å². The van der Waals surface area contributed by atoms with Gasteiger partial charge in [0.25, 0.3) is 5.56 Å². The Bertz CT molecular complexity index is 931. The molecular weight excluding hydrogens is 350 g/mol. The van der Waals surface area contributed by atoms with Crippen molar-refractivity contribution in [1.29, 1.82) is 0 Å². The minimum atomic E-state index is -0.0629. The Morgan fingerprint density at radius 2 is 2.27 bits per heavy atom. The highest BCUT2D eigenvalue weighted by molar-refractivity contribution is 7.15. The van der Waals surface area contributed by atoms with Gasteiger partial charge in [-0.3, -0.25) is 9.20 Å². The van der Waals surface area contributed by atoms with Crippen molar-refractivity contribution >= 4 is 22.0 Å². The normalized spacial score (nSPS) is 17.3. The van der Waals surface area contributed by atoms with E-state index in [4.69, 9.17) is 9.47 Å². The molecule has 3 aromatic rings. The largest absolute Gasteiger partial charge is 0.489 e. The second-order valence-electron chi connectivity index (χ2n) is 6.29. The van der Waals surface area contributed by atoms with Crippen LogP contribution in [0.4, 0.5) is 5.69 Å². The summed E-state index contributed by atoms with van der Waals surface area (Å²) < 4.78 is 13.2. The molecule has 136 valence electrons. The summed E-state index contributed by atoms with van der Waals surface area (Å²) in [5.74, 6) is 0.788. The lowest BCUT2D eigenvalue weighted by molar-refractivity contribution is -0.0109. The summed E-state index contributed by atoms with van der Waals surface area (Å²) in [5.41, 5.74) is 1.53. The van der Waals surface area contributed by atoms with Crippen LogP contribution in [0, 0.1) is 0 Å². The molecule has 0 amide bonds. The van der Waals surface area contributed by atoms with E-state index in [1.807, 2.05) is 29.6 Å². The Hall–Kier alpha value is -2.38. The summed E-state index contributed by atoms with van der Waals surface area (Å²) in [6.45, 7) is 1.84. The standard InChI is InChI=1S/C19H21N3O3S/c23-18-11-14(21-19-22(18)8-10-26-19)12-20-16-6-1-2-7-17(16)25-13-15-5-3-4-9-24-15/h1-2,6-8,10-11,15,20H,3-5,9,12-13H2/t15-/m1/s1. The van der Waals surface area contributed by atoms with Crippen LogP contribution < -0.4 is 15.6 Å². The molecule has 26 heavy (non-hydrogen) atoms. The monoisotopic (exact) mass is 371 g/mol. The molecule has 1 atom stereocenters. The van der Waals surface area contributed by atoms with Gasteiger partial charge in [0.15, 0.2) is 4.96 Å². The van der Waals surface area contributed by atoms with Crippen molar-refractivity contribution in [3.63, 3.8) is 0 Å². The van der Waals surface area contributed by atoms with Crippen molar-refractivity contribution in [3.05, 3.63) is 58.0 Å². The van der Waals surface area contributed by atoms with E-state index in [0.717, 1.165) is 30.9 Å². The van der Waals surface area contributed by atoms with E-state index < -0.39 is 0 Å². The van der Waals surface area contributed by atoms with E-state index in [-0.39, 0.29) is 11.7 Å². The van der Waals surface area contributed by atoms with Gasteiger partial charge in [-0.25, -0.2) is 4.98 Å². The SMILES string of the molecule is O=c1cc(CNc2ccccc2OC[C@H]2CCCCO2)nc2sccn12. The van der Waals surface area contributed by atoms with E-state index in [2.05, 4.69) is 10.3 Å². The molecular formula is C19H21N3O3S. The number of anilines is 1. The zero-order valence-electron chi connectivity index (χ0n) is 14.4. The summed E-state index contributed by atoms with van der Waals surface area (Å²) in [6, 6.07) is 9.37. The van der Waals surface area contributed by atoms with Crippen LogP contribution in [0.2, 0.25) is 0 Å². The second-order valence-corrected chi connectivity index (χ2v) is 7.16. The number of thiazole rings is 1. The molecule has 1 aromatic carbocycles. The van der Waals surface area contributed by atoms with Gasteiger partial charge in [0, 0.05) is 24.3 Å². The maximum Gasteiger partial charge on any atom is 0.258 e. The highest BCUT2D eigenvalue weighted by Crippen LogP contribution is 2.25. The molecule has 1 N–H and O–H groups in total. The summed E-state index contributed by atoms with van der Waals surface area (Å²) in [5, 5.41) is 5.19. The van der Waals surface area contributed by atoms with Crippen molar-refractivity contribution in [1.82, 2.24) is 9.38 Å². The molecule has 0 saturated carbocycles. The number of benzene rings is 1. The lowest BCUT2D eigenvalue weighted by atomic mass is 10.1. The fraction of sp³-hybridized carbons (Fsp3) is 0.368. The Morgan fingerprint density at radius 1 is 1.35 bits per heavy atom. The van der Waals surface area contributed by atoms with Gasteiger partial charge in [0.1, 0.15) is 12.4 Å². The molecule has 2 aromatic heterocycles. The van der Waals surface area contributed by atoms with E-state index in [0.29, 0.717) is 23.8 Å². The summed E-state index contributed by atoms with van der Waals surface area (Å²) in [6.07, 6.45) is 5.28. The lowest BCUT2D eigenvalue weighted by Crippen LogP contribution is -2.26. The quantitative estimate of drug-likeness (QED) is 0.720. The summed E-state index contributed by atoms with van der Waals surface area (Å²) in [4.78, 5) is 17.3. The summed E-state index contributed by atoms with van der Waals surface area (Å²) >= 11 is 1.45. The smallest absolute Gasteiger partial charge is 0.258 e. The minimum absolute atomic E-state index is 0.0629. The van der Waals surface area contributed by atoms with Crippen LogP contribution in [0.3, 0.4) is 0 Å². The molecule has 1 saturated heterocycles. The lowest BCUT2D eigenvalue weighted by Gasteiger charge is -2.23. The van der Waals surface area contributed by atoms with Gasteiger partial charge >= 0.3 is 0 Å². The number of para-hydroxylation sites is 2. The first kappa shape index (κ1) is 17.1. The molecule has 1 fully saturated rings. The van der Waals surface area contributed by atoms with Crippen LogP contribution in [-0.4, -0.2) is 28.7 Å². The zero-order chi connectivity index (χ0) is 17.8. The number of rotatable bonds is 6. The highest BCUT2D eigenvalue weighted by Gasteiger charge is 2.15. The molecule has 4 rings (SSSR count). The minimum Gasteiger partial charge on any atom is -0.489 e. The van der Waals surface area contributed by atoms with Gasteiger partial charge in [-0.2, -0.15) is 0 Å². The molecule has 1 aliphatic rings.